The number of pyridine rings is 1. The molecule has 0 bridgehead atoms. The van der Waals surface area contributed by atoms with Crippen LogP contribution in [0.5, 0.6) is 5.75 Å². The van der Waals surface area contributed by atoms with Crippen LogP contribution in [0.3, 0.4) is 0 Å². The second kappa shape index (κ2) is 10.0. The molecule has 0 atom stereocenters. The number of rotatable bonds is 7. The fourth-order valence-electron chi connectivity index (χ4n) is 3.84. The molecule has 1 amide bonds. The number of piperidine rings is 1. The molecule has 1 saturated heterocycles. The highest BCUT2D eigenvalue weighted by molar-refractivity contribution is 6.32. The van der Waals surface area contributed by atoms with Gasteiger partial charge in [-0.2, -0.15) is 4.98 Å². The molecule has 1 fully saturated rings. The number of halogens is 3. The molecular weight excluding hydrogens is 482 g/mol. The van der Waals surface area contributed by atoms with E-state index in [1.54, 1.807) is 33.7 Å². The lowest BCUT2D eigenvalue weighted by molar-refractivity contribution is -0.122. The van der Waals surface area contributed by atoms with Gasteiger partial charge in [0, 0.05) is 50.6 Å². The molecule has 1 aromatic carbocycles. The van der Waals surface area contributed by atoms with Gasteiger partial charge in [0.2, 0.25) is 5.95 Å². The molecule has 2 N–H and O–H groups in total. The summed E-state index contributed by atoms with van der Waals surface area (Å²) in [7, 11) is 1.48. The number of carbonyl (C=O) groups is 1. The summed E-state index contributed by atoms with van der Waals surface area (Å²) in [5.41, 5.74) is 0.993. The second-order valence-electron chi connectivity index (χ2n) is 8.13. The van der Waals surface area contributed by atoms with Crippen molar-refractivity contribution in [2.45, 2.75) is 32.2 Å². The molecule has 3 heterocycles. The Hall–Kier alpha value is -3.47. The van der Waals surface area contributed by atoms with Crippen LogP contribution in [0.15, 0.2) is 35.3 Å². The molecule has 1 aliphatic rings. The lowest BCUT2D eigenvalue weighted by atomic mass is 10.1. The maximum absolute atomic E-state index is 13.5. The van der Waals surface area contributed by atoms with Crippen LogP contribution in [-0.2, 0) is 11.3 Å². The van der Waals surface area contributed by atoms with E-state index in [1.807, 2.05) is 6.92 Å². The Labute approximate surface area is 205 Å². The minimum absolute atomic E-state index is 0.0596. The Morgan fingerprint density at radius 1 is 1.26 bits per heavy atom. The summed E-state index contributed by atoms with van der Waals surface area (Å²) >= 11 is 6.30. The van der Waals surface area contributed by atoms with Crippen molar-refractivity contribution in [3.63, 3.8) is 0 Å². The molecule has 4 rings (SSSR count). The third kappa shape index (κ3) is 5.45. The van der Waals surface area contributed by atoms with E-state index in [0.29, 0.717) is 34.9 Å². The molecule has 0 unspecified atom stereocenters. The van der Waals surface area contributed by atoms with Crippen LogP contribution in [0.4, 0.5) is 26.2 Å². The van der Waals surface area contributed by atoms with Crippen molar-refractivity contribution in [3.8, 4) is 5.75 Å². The van der Waals surface area contributed by atoms with Gasteiger partial charge < -0.3 is 24.8 Å². The number of ether oxygens (including phenoxy) is 1. The van der Waals surface area contributed by atoms with Gasteiger partial charge in [-0.3, -0.25) is 9.59 Å². The molecule has 3 aromatic rings. The zero-order chi connectivity index (χ0) is 25.2. The monoisotopic (exact) mass is 506 g/mol. The van der Waals surface area contributed by atoms with E-state index in [0.717, 1.165) is 0 Å². The number of fused-ring (bicyclic) bond motifs is 1. The van der Waals surface area contributed by atoms with Crippen molar-refractivity contribution < 1.29 is 18.3 Å². The number of benzene rings is 1. The third-order valence-electron chi connectivity index (χ3n) is 5.79. The summed E-state index contributed by atoms with van der Waals surface area (Å²) in [5, 5.41) is 6.56. The number of hydrogen-bond donors (Lipinski definition) is 2. The normalized spacial score (nSPS) is 15.2. The molecule has 12 heteroatoms. The number of aromatic nitrogens is 3. The number of likely N-dealkylation sites (N-methyl/N-ethyl adjacent to an activating group) is 1. The Bertz CT molecular complexity index is 1310. The van der Waals surface area contributed by atoms with E-state index in [9.17, 15) is 18.4 Å². The molecule has 9 nitrogen and oxygen atoms in total. The minimum atomic E-state index is -2.67. The lowest BCUT2D eigenvalue weighted by Gasteiger charge is -2.31. The van der Waals surface area contributed by atoms with Crippen LogP contribution in [0, 0.1) is 0 Å². The molecule has 2 aromatic heterocycles. The standard InChI is InChI=1S/C23H25ClF2N6O3/c1-3-32-17-5-4-15(10-14(17)11-18(21(32)34)35-13-19(33)27-2)29-20-16(24)12-28-22(30-20)31-8-6-23(25,26)7-9-31/h4-5,10-12H,3,6-9,13H2,1-2H3,(H,27,33)(H,28,29,30). The Morgan fingerprint density at radius 3 is 2.69 bits per heavy atom. The fourth-order valence-corrected chi connectivity index (χ4v) is 3.98. The van der Waals surface area contributed by atoms with E-state index >= 15 is 0 Å². The van der Waals surface area contributed by atoms with E-state index in [1.165, 1.54) is 13.2 Å². The average molecular weight is 507 g/mol. The zero-order valence-corrected chi connectivity index (χ0v) is 20.0. The highest BCUT2D eigenvalue weighted by Gasteiger charge is 2.34. The molecular formula is C23H25ClF2N6O3. The molecule has 0 radical (unpaired) electrons. The van der Waals surface area contributed by atoms with Gasteiger partial charge in [0.1, 0.15) is 5.02 Å². The van der Waals surface area contributed by atoms with Crippen LogP contribution in [0.2, 0.25) is 5.02 Å². The van der Waals surface area contributed by atoms with Gasteiger partial charge in [-0.1, -0.05) is 11.6 Å². The van der Waals surface area contributed by atoms with Crippen molar-refractivity contribution in [3.05, 3.63) is 45.8 Å². The molecule has 0 saturated carbocycles. The Balaban J connectivity index is 1.62. The SMILES string of the molecule is CCn1c(=O)c(OCC(=O)NC)cc2cc(Nc3nc(N4CCC(F)(F)CC4)ncc3Cl)ccc21. The fraction of sp³-hybridized carbons (Fsp3) is 0.391. The number of hydrogen-bond acceptors (Lipinski definition) is 7. The van der Waals surface area contributed by atoms with Crippen molar-refractivity contribution in [1.82, 2.24) is 19.9 Å². The number of anilines is 3. The zero-order valence-electron chi connectivity index (χ0n) is 19.3. The number of carbonyl (C=O) groups excluding carboxylic acids is 1. The first kappa shape index (κ1) is 24.6. The van der Waals surface area contributed by atoms with Crippen molar-refractivity contribution in [2.24, 2.45) is 0 Å². The van der Waals surface area contributed by atoms with Crippen LogP contribution in [-0.4, -0.2) is 53.1 Å². The van der Waals surface area contributed by atoms with Crippen molar-refractivity contribution >= 4 is 45.9 Å². The van der Waals surface area contributed by atoms with E-state index < -0.39 is 5.92 Å². The first-order valence-electron chi connectivity index (χ1n) is 11.1. The predicted molar refractivity (Wildman–Crippen MR) is 130 cm³/mol. The highest BCUT2D eigenvalue weighted by atomic mass is 35.5. The highest BCUT2D eigenvalue weighted by Crippen LogP contribution is 2.31. The molecule has 35 heavy (non-hydrogen) atoms. The smallest absolute Gasteiger partial charge is 0.293 e. The molecule has 0 aliphatic carbocycles. The molecule has 1 aliphatic heterocycles. The van der Waals surface area contributed by atoms with Crippen LogP contribution >= 0.6 is 11.6 Å². The summed E-state index contributed by atoms with van der Waals surface area (Å²) in [4.78, 5) is 34.7. The van der Waals surface area contributed by atoms with E-state index in [-0.39, 0.29) is 54.8 Å². The van der Waals surface area contributed by atoms with Gasteiger partial charge in [0.25, 0.3) is 17.4 Å². The minimum Gasteiger partial charge on any atom is -0.478 e. The number of alkyl halides is 2. The van der Waals surface area contributed by atoms with Gasteiger partial charge in [-0.25, -0.2) is 13.8 Å². The van der Waals surface area contributed by atoms with Crippen LogP contribution < -0.4 is 25.8 Å². The topological polar surface area (TPSA) is 101 Å². The maximum atomic E-state index is 13.5. The summed E-state index contributed by atoms with van der Waals surface area (Å²) in [6.45, 7) is 2.28. The number of nitrogens with one attached hydrogen (secondary N) is 2. The number of amides is 1. The van der Waals surface area contributed by atoms with Gasteiger partial charge >= 0.3 is 0 Å². The van der Waals surface area contributed by atoms with Crippen LogP contribution in [0.25, 0.3) is 10.9 Å². The third-order valence-corrected chi connectivity index (χ3v) is 6.06. The summed E-state index contributed by atoms with van der Waals surface area (Å²) in [6.07, 6.45) is 0.922. The van der Waals surface area contributed by atoms with Gasteiger partial charge in [-0.15, -0.1) is 0 Å². The summed E-state index contributed by atoms with van der Waals surface area (Å²) < 4.78 is 34.0. The average Bonchev–Trinajstić information content (AvgIpc) is 2.84. The lowest BCUT2D eigenvalue weighted by Crippen LogP contribution is -2.40. The second-order valence-corrected chi connectivity index (χ2v) is 8.54. The summed E-state index contributed by atoms with van der Waals surface area (Å²) in [6, 6.07) is 6.94. The molecule has 0 spiro atoms. The first-order chi connectivity index (χ1) is 16.7. The largest absolute Gasteiger partial charge is 0.478 e. The quantitative estimate of drug-likeness (QED) is 0.505. The number of nitrogens with zero attached hydrogens (tertiary/aromatic N) is 4. The Kier molecular flexibility index (Phi) is 7.06. The van der Waals surface area contributed by atoms with Gasteiger partial charge in [-0.05, 0) is 31.2 Å². The van der Waals surface area contributed by atoms with Crippen LogP contribution in [0.1, 0.15) is 19.8 Å². The Morgan fingerprint density at radius 2 is 2.00 bits per heavy atom. The van der Waals surface area contributed by atoms with Crippen molar-refractivity contribution in [2.75, 3.05) is 37.0 Å². The summed E-state index contributed by atoms with van der Waals surface area (Å²) in [5.74, 6) is -2.32. The first-order valence-corrected chi connectivity index (χ1v) is 11.5. The van der Waals surface area contributed by atoms with Gasteiger partial charge in [0.15, 0.2) is 18.2 Å². The molecule has 186 valence electrons. The van der Waals surface area contributed by atoms with E-state index in [4.69, 9.17) is 16.3 Å². The van der Waals surface area contributed by atoms with E-state index in [2.05, 4.69) is 20.6 Å². The predicted octanol–water partition coefficient (Wildman–Crippen LogP) is 3.57. The van der Waals surface area contributed by atoms with Gasteiger partial charge in [0.05, 0.1) is 11.7 Å². The number of aryl methyl sites for hydroxylation is 1. The maximum Gasteiger partial charge on any atom is 0.293 e. The van der Waals surface area contributed by atoms with Crippen molar-refractivity contribution in [1.29, 1.82) is 0 Å².